The number of pyridine rings is 1. The van der Waals surface area contributed by atoms with E-state index in [4.69, 9.17) is 23.2 Å². The van der Waals surface area contributed by atoms with Gasteiger partial charge in [-0.25, -0.2) is 0 Å². The van der Waals surface area contributed by atoms with E-state index in [9.17, 15) is 4.79 Å². The number of fused-ring (bicyclic) bond motifs is 1. The molecule has 4 rings (SSSR count). The maximum absolute atomic E-state index is 13.0. The van der Waals surface area contributed by atoms with Gasteiger partial charge in [-0.3, -0.25) is 9.78 Å². The molecule has 2 aromatic heterocycles. The molecule has 24 heavy (non-hydrogen) atoms. The molecule has 6 heteroatoms. The third-order valence-electron chi connectivity index (χ3n) is 4.16. The van der Waals surface area contributed by atoms with Gasteiger partial charge in [0.25, 0.3) is 5.91 Å². The van der Waals surface area contributed by atoms with Gasteiger partial charge in [0.2, 0.25) is 0 Å². The topological polar surface area (TPSA) is 38.1 Å². The van der Waals surface area contributed by atoms with Crippen LogP contribution in [0.25, 0.3) is 5.69 Å². The third kappa shape index (κ3) is 2.48. The first-order valence-corrected chi connectivity index (χ1v) is 8.23. The van der Waals surface area contributed by atoms with E-state index < -0.39 is 0 Å². The van der Waals surface area contributed by atoms with Gasteiger partial charge in [0.1, 0.15) is 5.69 Å². The summed E-state index contributed by atoms with van der Waals surface area (Å²) in [5.74, 6) is -0.0628. The molecule has 0 saturated carbocycles. The van der Waals surface area contributed by atoms with Crippen molar-refractivity contribution in [3.63, 3.8) is 0 Å². The van der Waals surface area contributed by atoms with Crippen LogP contribution in [0.5, 0.6) is 0 Å². The number of para-hydroxylation sites is 1. The molecule has 3 aromatic rings. The Labute approximate surface area is 149 Å². The molecule has 1 amide bonds. The summed E-state index contributed by atoms with van der Waals surface area (Å²) in [6.07, 6.45) is 5.36. The maximum Gasteiger partial charge on any atom is 0.271 e. The van der Waals surface area contributed by atoms with Gasteiger partial charge in [-0.1, -0.05) is 29.3 Å². The van der Waals surface area contributed by atoms with E-state index in [0.29, 0.717) is 34.5 Å². The summed E-state index contributed by atoms with van der Waals surface area (Å²) in [6.45, 7) is 1.14. The summed E-state index contributed by atoms with van der Waals surface area (Å²) in [5, 5.41) is 1.00. The quantitative estimate of drug-likeness (QED) is 0.684. The lowest BCUT2D eigenvalue weighted by Crippen LogP contribution is -2.27. The van der Waals surface area contributed by atoms with Crippen molar-refractivity contribution in [3.8, 4) is 5.69 Å². The van der Waals surface area contributed by atoms with Crippen LogP contribution in [0.3, 0.4) is 0 Å². The Kier molecular flexibility index (Phi) is 3.79. The van der Waals surface area contributed by atoms with E-state index in [0.717, 1.165) is 11.1 Å². The third-order valence-corrected chi connectivity index (χ3v) is 4.77. The predicted octanol–water partition coefficient (Wildman–Crippen LogP) is 4.34. The van der Waals surface area contributed by atoms with Crippen LogP contribution in [-0.2, 0) is 13.1 Å². The van der Waals surface area contributed by atoms with E-state index in [1.807, 2.05) is 18.3 Å². The number of aromatic nitrogens is 2. The Bertz CT molecular complexity index is 890. The number of amides is 1. The SMILES string of the molecule is O=C(c1cccn1-c1c(Cl)cccc1Cl)N1Cc2ccncc2C1. The largest absolute Gasteiger partial charge is 0.329 e. The molecule has 0 aliphatic carbocycles. The molecule has 120 valence electrons. The van der Waals surface area contributed by atoms with Crippen molar-refractivity contribution in [1.29, 1.82) is 0 Å². The number of rotatable bonds is 2. The van der Waals surface area contributed by atoms with Crippen molar-refractivity contribution >= 4 is 29.1 Å². The van der Waals surface area contributed by atoms with Crippen molar-refractivity contribution in [2.75, 3.05) is 0 Å². The van der Waals surface area contributed by atoms with Crippen LogP contribution in [0.1, 0.15) is 21.6 Å². The molecule has 0 radical (unpaired) electrons. The highest BCUT2D eigenvalue weighted by Crippen LogP contribution is 2.31. The summed E-state index contributed by atoms with van der Waals surface area (Å²) in [7, 11) is 0. The lowest BCUT2D eigenvalue weighted by Gasteiger charge is -2.18. The molecule has 0 saturated heterocycles. The Morgan fingerprint density at radius 3 is 2.50 bits per heavy atom. The van der Waals surface area contributed by atoms with Crippen molar-refractivity contribution in [2.24, 2.45) is 0 Å². The second kappa shape index (κ2) is 5.96. The molecular weight excluding hydrogens is 345 g/mol. The van der Waals surface area contributed by atoms with Crippen LogP contribution < -0.4 is 0 Å². The fourth-order valence-corrected chi connectivity index (χ4v) is 3.57. The van der Waals surface area contributed by atoms with Gasteiger partial charge >= 0.3 is 0 Å². The average molecular weight is 358 g/mol. The Balaban J connectivity index is 1.70. The molecule has 0 atom stereocenters. The number of hydrogen-bond donors (Lipinski definition) is 0. The van der Waals surface area contributed by atoms with Gasteiger partial charge in [-0.2, -0.15) is 0 Å². The lowest BCUT2D eigenvalue weighted by molar-refractivity contribution is 0.0743. The van der Waals surface area contributed by atoms with E-state index in [2.05, 4.69) is 4.98 Å². The van der Waals surface area contributed by atoms with Gasteiger partial charge in [0.15, 0.2) is 0 Å². The van der Waals surface area contributed by atoms with Gasteiger partial charge in [0, 0.05) is 31.7 Å². The van der Waals surface area contributed by atoms with Crippen LogP contribution in [0.2, 0.25) is 10.0 Å². The molecule has 1 aromatic carbocycles. The van der Waals surface area contributed by atoms with E-state index in [1.54, 1.807) is 46.1 Å². The van der Waals surface area contributed by atoms with Gasteiger partial charge in [0.05, 0.1) is 15.7 Å². The highest BCUT2D eigenvalue weighted by atomic mass is 35.5. The highest BCUT2D eigenvalue weighted by molar-refractivity contribution is 6.37. The molecule has 3 heterocycles. The van der Waals surface area contributed by atoms with E-state index >= 15 is 0 Å². The minimum Gasteiger partial charge on any atom is -0.329 e. The van der Waals surface area contributed by atoms with Crippen molar-refractivity contribution in [1.82, 2.24) is 14.5 Å². The first-order chi connectivity index (χ1) is 11.6. The molecule has 0 spiro atoms. The minimum absolute atomic E-state index is 0.0628. The molecule has 0 fully saturated rings. The van der Waals surface area contributed by atoms with Crippen LogP contribution in [0.4, 0.5) is 0 Å². The van der Waals surface area contributed by atoms with Gasteiger partial charge in [-0.05, 0) is 41.5 Å². The van der Waals surface area contributed by atoms with Crippen LogP contribution in [0, 0.1) is 0 Å². The molecule has 4 nitrogen and oxygen atoms in total. The van der Waals surface area contributed by atoms with E-state index in [-0.39, 0.29) is 5.91 Å². The number of hydrogen-bond acceptors (Lipinski definition) is 2. The minimum atomic E-state index is -0.0628. The second-order valence-electron chi connectivity index (χ2n) is 5.64. The Morgan fingerprint density at radius 1 is 1.00 bits per heavy atom. The fourth-order valence-electron chi connectivity index (χ4n) is 2.99. The van der Waals surface area contributed by atoms with Crippen molar-refractivity contribution in [3.05, 3.63) is 81.9 Å². The molecule has 0 bridgehead atoms. The summed E-state index contributed by atoms with van der Waals surface area (Å²) in [6, 6.07) is 10.8. The number of nitrogens with zero attached hydrogens (tertiary/aromatic N) is 3. The van der Waals surface area contributed by atoms with Crippen LogP contribution in [0.15, 0.2) is 55.0 Å². The highest BCUT2D eigenvalue weighted by Gasteiger charge is 2.26. The summed E-state index contributed by atoms with van der Waals surface area (Å²) in [5.41, 5.74) is 3.37. The van der Waals surface area contributed by atoms with Crippen LogP contribution in [-0.4, -0.2) is 20.4 Å². The number of carbonyl (C=O) groups excluding carboxylic acids is 1. The lowest BCUT2D eigenvalue weighted by atomic mass is 10.2. The normalized spacial score (nSPS) is 13.2. The predicted molar refractivity (Wildman–Crippen MR) is 93.6 cm³/mol. The summed E-state index contributed by atoms with van der Waals surface area (Å²) < 4.78 is 1.74. The maximum atomic E-state index is 13.0. The Morgan fingerprint density at radius 2 is 1.75 bits per heavy atom. The molecule has 1 aliphatic rings. The van der Waals surface area contributed by atoms with Gasteiger partial charge < -0.3 is 9.47 Å². The smallest absolute Gasteiger partial charge is 0.271 e. The van der Waals surface area contributed by atoms with Gasteiger partial charge in [-0.15, -0.1) is 0 Å². The fraction of sp³-hybridized carbons (Fsp3) is 0.111. The zero-order valence-corrected chi connectivity index (χ0v) is 14.1. The second-order valence-corrected chi connectivity index (χ2v) is 6.45. The average Bonchev–Trinajstić information content (AvgIpc) is 3.21. The molecule has 0 N–H and O–H groups in total. The van der Waals surface area contributed by atoms with E-state index in [1.165, 1.54) is 0 Å². The van der Waals surface area contributed by atoms with Crippen molar-refractivity contribution < 1.29 is 4.79 Å². The number of carbonyl (C=O) groups is 1. The number of halogens is 2. The summed E-state index contributed by atoms with van der Waals surface area (Å²) >= 11 is 12.6. The Hall–Kier alpha value is -2.30. The monoisotopic (exact) mass is 357 g/mol. The van der Waals surface area contributed by atoms with Crippen molar-refractivity contribution in [2.45, 2.75) is 13.1 Å². The molecular formula is C18H13Cl2N3O. The molecule has 0 unspecified atom stereocenters. The summed E-state index contributed by atoms with van der Waals surface area (Å²) in [4.78, 5) is 18.9. The van der Waals surface area contributed by atoms with Crippen LogP contribution >= 0.6 is 23.2 Å². The standard InChI is InChI=1S/C18H13Cl2N3O/c19-14-3-1-4-15(20)17(14)23-8-2-5-16(23)18(24)22-10-12-6-7-21-9-13(12)11-22/h1-9H,10-11H2. The zero-order chi connectivity index (χ0) is 16.7. The number of benzene rings is 1. The zero-order valence-electron chi connectivity index (χ0n) is 12.6. The first kappa shape index (κ1) is 15.2. The first-order valence-electron chi connectivity index (χ1n) is 7.48. The molecule has 1 aliphatic heterocycles.